The molecule has 1 aliphatic heterocycles. The van der Waals surface area contributed by atoms with E-state index in [1.54, 1.807) is 4.90 Å². The van der Waals surface area contributed by atoms with Gasteiger partial charge in [0, 0.05) is 13.1 Å². The number of amides is 1. The first kappa shape index (κ1) is 17.7. The summed E-state index contributed by atoms with van der Waals surface area (Å²) in [5.74, 6) is 0.760. The highest BCUT2D eigenvalue weighted by Gasteiger charge is 2.19. The van der Waals surface area contributed by atoms with Gasteiger partial charge in [-0.25, -0.2) is 4.79 Å². The Balaban J connectivity index is 0. The van der Waals surface area contributed by atoms with E-state index in [4.69, 9.17) is 0 Å². The second-order valence-corrected chi connectivity index (χ2v) is 3.85. The third kappa shape index (κ3) is 8.57. The minimum absolute atomic E-state index is 0.183. The van der Waals surface area contributed by atoms with Crippen LogP contribution in [0.25, 0.3) is 0 Å². The van der Waals surface area contributed by atoms with Gasteiger partial charge in [-0.05, 0) is 18.8 Å². The molecule has 1 saturated heterocycles. The van der Waals surface area contributed by atoms with Gasteiger partial charge in [0.05, 0.1) is 7.11 Å². The van der Waals surface area contributed by atoms with Crippen molar-refractivity contribution >= 4 is 6.09 Å². The van der Waals surface area contributed by atoms with E-state index < -0.39 is 0 Å². The molecule has 0 atom stereocenters. The Morgan fingerprint density at radius 1 is 1.25 bits per heavy atom. The summed E-state index contributed by atoms with van der Waals surface area (Å²) in [4.78, 5) is 12.7. The van der Waals surface area contributed by atoms with Gasteiger partial charge in [-0.15, -0.1) is 0 Å². The number of hydrogen-bond acceptors (Lipinski definition) is 2. The molecule has 98 valence electrons. The first-order valence-corrected chi connectivity index (χ1v) is 6.48. The molecule has 0 aliphatic carbocycles. The molecule has 1 aliphatic rings. The standard InChI is InChI=1S/C8H15NO2.C3H8.C2H6/c1-7-3-5-9(6-4-7)8(10)11-2;1-3-2;1-2/h7H,3-6H2,1-2H3;3H2,1-2H3;1-2H3. The molecule has 0 aromatic heterocycles. The largest absolute Gasteiger partial charge is 0.453 e. The van der Waals surface area contributed by atoms with Crippen LogP contribution in [-0.4, -0.2) is 31.2 Å². The van der Waals surface area contributed by atoms with E-state index in [9.17, 15) is 4.79 Å². The van der Waals surface area contributed by atoms with Crippen molar-refractivity contribution in [2.45, 2.75) is 53.9 Å². The molecule has 0 spiro atoms. The quantitative estimate of drug-likeness (QED) is 0.632. The molecule has 1 fully saturated rings. The van der Waals surface area contributed by atoms with Gasteiger partial charge in [-0.1, -0.05) is 41.0 Å². The first-order chi connectivity index (χ1) is 7.65. The van der Waals surface area contributed by atoms with Crippen LogP contribution >= 0.6 is 0 Å². The highest BCUT2D eigenvalue weighted by molar-refractivity contribution is 5.67. The van der Waals surface area contributed by atoms with Gasteiger partial charge in [0.1, 0.15) is 0 Å². The summed E-state index contributed by atoms with van der Waals surface area (Å²) in [6, 6.07) is 0. The maximum Gasteiger partial charge on any atom is 0.409 e. The lowest BCUT2D eigenvalue weighted by Gasteiger charge is -2.28. The molecule has 1 heterocycles. The van der Waals surface area contributed by atoms with Gasteiger partial charge in [-0.3, -0.25) is 0 Å². The number of rotatable bonds is 0. The molecule has 0 radical (unpaired) electrons. The zero-order chi connectivity index (χ0) is 13.0. The lowest BCUT2D eigenvalue weighted by atomic mass is 10.00. The molecule has 1 rings (SSSR count). The summed E-state index contributed by atoms with van der Waals surface area (Å²) >= 11 is 0. The van der Waals surface area contributed by atoms with E-state index in [0.29, 0.717) is 0 Å². The number of piperidine rings is 1. The fourth-order valence-electron chi connectivity index (χ4n) is 1.32. The minimum atomic E-state index is -0.183. The topological polar surface area (TPSA) is 29.5 Å². The molecule has 3 heteroatoms. The van der Waals surface area contributed by atoms with Crippen LogP contribution in [0.2, 0.25) is 0 Å². The Hall–Kier alpha value is -0.730. The maximum absolute atomic E-state index is 11.0. The maximum atomic E-state index is 11.0. The number of nitrogens with zero attached hydrogens (tertiary/aromatic N) is 1. The smallest absolute Gasteiger partial charge is 0.409 e. The van der Waals surface area contributed by atoms with Crippen molar-refractivity contribution < 1.29 is 9.53 Å². The molecule has 3 nitrogen and oxygen atoms in total. The van der Waals surface area contributed by atoms with E-state index in [0.717, 1.165) is 31.8 Å². The second-order valence-electron chi connectivity index (χ2n) is 3.85. The second kappa shape index (κ2) is 12.3. The number of methoxy groups -OCH3 is 1. The Morgan fingerprint density at radius 3 is 1.94 bits per heavy atom. The summed E-state index contributed by atoms with van der Waals surface area (Å²) in [5, 5.41) is 0. The van der Waals surface area contributed by atoms with Crippen LogP contribution in [0.5, 0.6) is 0 Å². The lowest BCUT2D eigenvalue weighted by Crippen LogP contribution is -2.37. The molecular weight excluding hydrogens is 202 g/mol. The number of carbonyl (C=O) groups excluding carboxylic acids is 1. The predicted molar refractivity (Wildman–Crippen MR) is 69.7 cm³/mol. The summed E-state index contributed by atoms with van der Waals surface area (Å²) in [7, 11) is 1.43. The molecule has 0 saturated carbocycles. The normalized spacial score (nSPS) is 15.2. The van der Waals surface area contributed by atoms with Crippen LogP contribution in [0.1, 0.15) is 53.9 Å². The van der Waals surface area contributed by atoms with E-state index in [-0.39, 0.29) is 6.09 Å². The summed E-state index contributed by atoms with van der Waals surface area (Å²) < 4.78 is 4.61. The first-order valence-electron chi connectivity index (χ1n) is 6.48. The molecule has 0 aromatic carbocycles. The van der Waals surface area contributed by atoms with Crippen molar-refractivity contribution in [3.8, 4) is 0 Å². The van der Waals surface area contributed by atoms with Crippen LogP contribution in [-0.2, 0) is 4.74 Å². The van der Waals surface area contributed by atoms with E-state index >= 15 is 0 Å². The Labute approximate surface area is 101 Å². The van der Waals surface area contributed by atoms with Gasteiger partial charge in [0.15, 0.2) is 0 Å². The highest BCUT2D eigenvalue weighted by Crippen LogP contribution is 2.16. The van der Waals surface area contributed by atoms with Crippen molar-refractivity contribution in [1.82, 2.24) is 4.90 Å². The number of carbonyl (C=O) groups is 1. The van der Waals surface area contributed by atoms with Crippen molar-refractivity contribution in [3.05, 3.63) is 0 Å². The van der Waals surface area contributed by atoms with Gasteiger partial charge < -0.3 is 9.64 Å². The predicted octanol–water partition coefficient (Wildman–Crippen LogP) is 3.93. The Morgan fingerprint density at radius 2 is 1.62 bits per heavy atom. The van der Waals surface area contributed by atoms with Gasteiger partial charge >= 0.3 is 6.09 Å². The number of likely N-dealkylation sites (tertiary alicyclic amines) is 1. The van der Waals surface area contributed by atoms with Crippen LogP contribution < -0.4 is 0 Å². The lowest BCUT2D eigenvalue weighted by molar-refractivity contribution is 0.108. The SMILES string of the molecule is CC.CCC.COC(=O)N1CCC(C)CC1. The summed E-state index contributed by atoms with van der Waals surface area (Å²) in [6.07, 6.45) is 3.28. The molecule has 0 aromatic rings. The Kier molecular flexibility index (Phi) is 13.6. The molecule has 16 heavy (non-hydrogen) atoms. The van der Waals surface area contributed by atoms with Crippen molar-refractivity contribution in [1.29, 1.82) is 0 Å². The van der Waals surface area contributed by atoms with E-state index in [1.807, 2.05) is 13.8 Å². The third-order valence-corrected chi connectivity index (χ3v) is 2.22. The average Bonchev–Trinajstić information content (AvgIpc) is 2.33. The van der Waals surface area contributed by atoms with Crippen molar-refractivity contribution in [2.24, 2.45) is 5.92 Å². The average molecular weight is 231 g/mol. The molecule has 0 unspecified atom stereocenters. The Bertz CT molecular complexity index is 152. The third-order valence-electron chi connectivity index (χ3n) is 2.22. The summed E-state index contributed by atoms with van der Waals surface area (Å²) in [5.41, 5.74) is 0. The molecule has 0 N–H and O–H groups in total. The van der Waals surface area contributed by atoms with Gasteiger partial charge in [-0.2, -0.15) is 0 Å². The van der Waals surface area contributed by atoms with Gasteiger partial charge in [0.2, 0.25) is 0 Å². The molecule has 1 amide bonds. The highest BCUT2D eigenvalue weighted by atomic mass is 16.5. The molecule has 0 bridgehead atoms. The zero-order valence-electron chi connectivity index (χ0n) is 11.9. The van der Waals surface area contributed by atoms with Crippen LogP contribution in [0.4, 0.5) is 4.79 Å². The van der Waals surface area contributed by atoms with Crippen molar-refractivity contribution in [2.75, 3.05) is 20.2 Å². The van der Waals surface area contributed by atoms with Crippen molar-refractivity contribution in [3.63, 3.8) is 0 Å². The van der Waals surface area contributed by atoms with E-state index in [2.05, 4.69) is 25.5 Å². The van der Waals surface area contributed by atoms with Crippen LogP contribution in [0.3, 0.4) is 0 Å². The van der Waals surface area contributed by atoms with E-state index in [1.165, 1.54) is 13.5 Å². The monoisotopic (exact) mass is 231 g/mol. The zero-order valence-corrected chi connectivity index (χ0v) is 11.9. The fraction of sp³-hybridized carbons (Fsp3) is 0.923. The van der Waals surface area contributed by atoms with Crippen LogP contribution in [0.15, 0.2) is 0 Å². The summed E-state index contributed by atoms with van der Waals surface area (Å²) in [6.45, 7) is 12.2. The van der Waals surface area contributed by atoms with Gasteiger partial charge in [0.25, 0.3) is 0 Å². The van der Waals surface area contributed by atoms with Crippen LogP contribution in [0, 0.1) is 5.92 Å². The molecular formula is C13H29NO2. The minimum Gasteiger partial charge on any atom is -0.453 e. The number of hydrogen-bond donors (Lipinski definition) is 0. The number of ether oxygens (including phenoxy) is 1. The fourth-order valence-corrected chi connectivity index (χ4v) is 1.32.